The largest absolute Gasteiger partial charge is 0.399 e. The first kappa shape index (κ1) is 18.5. The van der Waals surface area contributed by atoms with E-state index in [0.29, 0.717) is 23.1 Å². The van der Waals surface area contributed by atoms with Crippen molar-refractivity contribution in [2.75, 3.05) is 18.8 Å². The molecular weight excluding hydrogens is 322 g/mol. The number of aryl methyl sites for hydroxylation is 1. The molecule has 0 spiro atoms. The first-order valence-electron chi connectivity index (χ1n) is 9.37. The monoisotopic (exact) mass is 351 g/mol. The van der Waals surface area contributed by atoms with Crippen LogP contribution in [0.2, 0.25) is 0 Å². The second kappa shape index (κ2) is 7.92. The summed E-state index contributed by atoms with van der Waals surface area (Å²) in [7, 11) is 0. The molecule has 4 heteroatoms. The minimum absolute atomic E-state index is 0.0185. The number of rotatable bonds is 4. The summed E-state index contributed by atoms with van der Waals surface area (Å²) in [4.78, 5) is 15.3. The third-order valence-corrected chi connectivity index (χ3v) is 5.37. The number of carbonyl (C=O) groups is 1. The van der Waals surface area contributed by atoms with Crippen LogP contribution in [0.3, 0.4) is 0 Å². The van der Waals surface area contributed by atoms with Gasteiger partial charge in [0.05, 0.1) is 0 Å². The Bertz CT molecular complexity index is 747. The molecule has 1 amide bonds. The van der Waals surface area contributed by atoms with Gasteiger partial charge < -0.3 is 11.1 Å². The fourth-order valence-corrected chi connectivity index (χ4v) is 4.05. The molecule has 4 nitrogen and oxygen atoms in total. The van der Waals surface area contributed by atoms with E-state index >= 15 is 0 Å². The maximum atomic E-state index is 12.8. The van der Waals surface area contributed by atoms with Gasteiger partial charge in [0.2, 0.25) is 0 Å². The lowest BCUT2D eigenvalue weighted by Gasteiger charge is -2.41. The van der Waals surface area contributed by atoms with Gasteiger partial charge in [0.1, 0.15) is 0 Å². The van der Waals surface area contributed by atoms with E-state index in [4.69, 9.17) is 5.73 Å². The Morgan fingerprint density at radius 2 is 1.77 bits per heavy atom. The van der Waals surface area contributed by atoms with E-state index in [-0.39, 0.29) is 11.9 Å². The molecule has 0 saturated carbocycles. The Kier molecular flexibility index (Phi) is 5.62. The molecule has 2 atom stereocenters. The molecule has 2 unspecified atom stereocenters. The van der Waals surface area contributed by atoms with E-state index in [1.807, 2.05) is 19.1 Å². The Hall–Kier alpha value is -2.33. The van der Waals surface area contributed by atoms with E-state index in [9.17, 15) is 4.79 Å². The predicted molar refractivity (Wildman–Crippen MR) is 107 cm³/mol. The van der Waals surface area contributed by atoms with Crippen LogP contribution < -0.4 is 11.1 Å². The quantitative estimate of drug-likeness (QED) is 0.830. The average molecular weight is 351 g/mol. The fraction of sp³-hybridized carbons (Fsp3) is 0.409. The number of nitrogen functional groups attached to an aromatic ring is 1. The van der Waals surface area contributed by atoms with Crippen molar-refractivity contribution in [2.45, 2.75) is 33.4 Å². The van der Waals surface area contributed by atoms with Gasteiger partial charge in [0, 0.05) is 36.9 Å². The van der Waals surface area contributed by atoms with E-state index < -0.39 is 0 Å². The molecule has 1 fully saturated rings. The number of hydrogen-bond acceptors (Lipinski definition) is 3. The summed E-state index contributed by atoms with van der Waals surface area (Å²) in [5, 5.41) is 3.27. The number of anilines is 1. The second-order valence-electron chi connectivity index (χ2n) is 7.71. The molecular formula is C22H29N3O. The molecule has 0 aliphatic carbocycles. The highest BCUT2D eigenvalue weighted by molar-refractivity contribution is 5.96. The Balaban J connectivity index is 1.65. The third-order valence-electron chi connectivity index (χ3n) is 5.37. The van der Waals surface area contributed by atoms with Crippen molar-refractivity contribution in [3.8, 4) is 0 Å². The summed E-state index contributed by atoms with van der Waals surface area (Å²) in [5.41, 5.74) is 9.45. The van der Waals surface area contributed by atoms with Gasteiger partial charge in [-0.15, -0.1) is 0 Å². The lowest BCUT2D eigenvalue weighted by atomic mass is 9.85. The van der Waals surface area contributed by atoms with Gasteiger partial charge in [-0.25, -0.2) is 0 Å². The molecule has 0 bridgehead atoms. The van der Waals surface area contributed by atoms with Crippen LogP contribution in [-0.2, 0) is 6.54 Å². The zero-order chi connectivity index (χ0) is 18.7. The van der Waals surface area contributed by atoms with Crippen LogP contribution >= 0.6 is 0 Å². The van der Waals surface area contributed by atoms with Crippen LogP contribution in [0.15, 0.2) is 48.5 Å². The summed E-state index contributed by atoms with van der Waals surface area (Å²) < 4.78 is 0. The first-order valence-corrected chi connectivity index (χ1v) is 9.37. The molecule has 2 aromatic rings. The lowest BCUT2D eigenvalue weighted by molar-refractivity contribution is 0.0732. The summed E-state index contributed by atoms with van der Waals surface area (Å²) in [6, 6.07) is 16.2. The first-order chi connectivity index (χ1) is 12.4. The maximum absolute atomic E-state index is 12.8. The van der Waals surface area contributed by atoms with Crippen molar-refractivity contribution in [3.63, 3.8) is 0 Å². The molecule has 138 valence electrons. The van der Waals surface area contributed by atoms with Crippen molar-refractivity contribution >= 4 is 11.6 Å². The number of benzene rings is 2. The van der Waals surface area contributed by atoms with Crippen LogP contribution in [0.1, 0.15) is 35.3 Å². The minimum Gasteiger partial charge on any atom is -0.399 e. The summed E-state index contributed by atoms with van der Waals surface area (Å²) in [6.07, 6.45) is 0. The standard InChI is InChI=1S/C22H29N3O/c1-15-9-10-19(23)11-20(15)22(26)24-21-16(2)12-25(13-17(21)3)14-18-7-5-4-6-8-18/h4-11,16-17,21H,12-14,23H2,1-3H3,(H,24,26). The zero-order valence-electron chi connectivity index (χ0n) is 15.9. The van der Waals surface area contributed by atoms with Gasteiger partial charge in [-0.2, -0.15) is 0 Å². The topological polar surface area (TPSA) is 58.4 Å². The molecule has 1 aliphatic heterocycles. The van der Waals surface area contributed by atoms with Gasteiger partial charge in [0.15, 0.2) is 0 Å². The highest BCUT2D eigenvalue weighted by atomic mass is 16.1. The number of carbonyl (C=O) groups excluding carboxylic acids is 1. The lowest BCUT2D eigenvalue weighted by Crippen LogP contribution is -2.54. The van der Waals surface area contributed by atoms with Gasteiger partial charge in [-0.3, -0.25) is 9.69 Å². The molecule has 1 saturated heterocycles. The van der Waals surface area contributed by atoms with Crippen molar-refractivity contribution in [1.82, 2.24) is 10.2 Å². The molecule has 3 N–H and O–H groups in total. The highest BCUT2D eigenvalue weighted by Gasteiger charge is 2.33. The summed E-state index contributed by atoms with van der Waals surface area (Å²) in [6.45, 7) is 9.34. The van der Waals surface area contributed by atoms with E-state index in [2.05, 4.69) is 54.4 Å². The molecule has 1 aliphatic rings. The Morgan fingerprint density at radius 1 is 1.12 bits per heavy atom. The van der Waals surface area contributed by atoms with Crippen molar-refractivity contribution in [2.24, 2.45) is 11.8 Å². The van der Waals surface area contributed by atoms with Gasteiger partial charge in [-0.05, 0) is 42.0 Å². The number of hydrogen-bond donors (Lipinski definition) is 2. The van der Waals surface area contributed by atoms with Crippen molar-refractivity contribution < 1.29 is 4.79 Å². The van der Waals surface area contributed by atoms with E-state index in [0.717, 1.165) is 25.2 Å². The number of piperidine rings is 1. The molecule has 26 heavy (non-hydrogen) atoms. The van der Waals surface area contributed by atoms with E-state index in [1.54, 1.807) is 6.07 Å². The van der Waals surface area contributed by atoms with Gasteiger partial charge >= 0.3 is 0 Å². The average Bonchev–Trinajstić information content (AvgIpc) is 2.61. The SMILES string of the molecule is Cc1ccc(N)cc1C(=O)NC1C(C)CN(Cc2ccccc2)CC1C. The predicted octanol–water partition coefficient (Wildman–Crippen LogP) is 3.46. The Morgan fingerprint density at radius 3 is 2.42 bits per heavy atom. The van der Waals surface area contributed by atoms with Crippen molar-refractivity contribution in [1.29, 1.82) is 0 Å². The minimum atomic E-state index is -0.0185. The van der Waals surface area contributed by atoms with Crippen LogP contribution in [0.25, 0.3) is 0 Å². The highest BCUT2D eigenvalue weighted by Crippen LogP contribution is 2.24. The number of amides is 1. The second-order valence-corrected chi connectivity index (χ2v) is 7.71. The van der Waals surface area contributed by atoms with Gasteiger partial charge in [0.25, 0.3) is 5.91 Å². The molecule has 3 rings (SSSR count). The number of likely N-dealkylation sites (tertiary alicyclic amines) is 1. The molecule has 2 aromatic carbocycles. The molecule has 0 radical (unpaired) electrons. The zero-order valence-corrected chi connectivity index (χ0v) is 15.9. The van der Waals surface area contributed by atoms with Crippen LogP contribution in [-0.4, -0.2) is 29.9 Å². The number of nitrogens with two attached hydrogens (primary N) is 1. The van der Waals surface area contributed by atoms with E-state index in [1.165, 1.54) is 5.56 Å². The number of nitrogens with one attached hydrogen (secondary N) is 1. The summed E-state index contributed by atoms with van der Waals surface area (Å²) in [5.74, 6) is 0.774. The Labute approximate surface area is 156 Å². The van der Waals surface area contributed by atoms with Gasteiger partial charge in [-0.1, -0.05) is 50.2 Å². The van der Waals surface area contributed by atoms with Crippen LogP contribution in [0, 0.1) is 18.8 Å². The molecule has 1 heterocycles. The fourth-order valence-electron chi connectivity index (χ4n) is 4.05. The van der Waals surface area contributed by atoms with Crippen LogP contribution in [0.5, 0.6) is 0 Å². The smallest absolute Gasteiger partial charge is 0.251 e. The third kappa shape index (κ3) is 4.25. The number of nitrogens with zero attached hydrogens (tertiary/aromatic N) is 1. The normalized spacial score (nSPS) is 23.6. The van der Waals surface area contributed by atoms with Crippen LogP contribution in [0.4, 0.5) is 5.69 Å². The van der Waals surface area contributed by atoms with Crippen molar-refractivity contribution in [3.05, 3.63) is 65.2 Å². The molecule has 0 aromatic heterocycles. The maximum Gasteiger partial charge on any atom is 0.251 e. The summed E-state index contributed by atoms with van der Waals surface area (Å²) >= 11 is 0.